The summed E-state index contributed by atoms with van der Waals surface area (Å²) in [4.78, 5) is 9.98. The number of hydrogen-bond donors (Lipinski definition) is 1. The summed E-state index contributed by atoms with van der Waals surface area (Å²) in [6.45, 7) is 4.06. The molecule has 0 amide bonds. The maximum Gasteiger partial charge on any atom is 0.272 e. The Balaban J connectivity index is 3.03. The monoisotopic (exact) mass is 324 g/mol. The number of nitrogens with zero attached hydrogens (tertiary/aromatic N) is 1. The van der Waals surface area contributed by atoms with Crippen molar-refractivity contribution in [2.75, 3.05) is 11.9 Å². The van der Waals surface area contributed by atoms with Gasteiger partial charge in [-0.3, -0.25) is 10.1 Å². The zero-order valence-corrected chi connectivity index (χ0v) is 11.1. The van der Waals surface area contributed by atoms with E-state index in [1.165, 1.54) is 12.1 Å². The summed E-state index contributed by atoms with van der Waals surface area (Å²) >= 11 is 14.9. The lowest BCUT2D eigenvalue weighted by Crippen LogP contribution is -2.02. The fourth-order valence-electron chi connectivity index (χ4n) is 1.02. The first-order valence-electron chi connectivity index (χ1n) is 4.12. The molecule has 7 heteroatoms. The Morgan fingerprint density at radius 3 is 2.38 bits per heavy atom. The zero-order chi connectivity index (χ0) is 12.3. The lowest BCUT2D eigenvalue weighted by atomic mass is 10.3. The van der Waals surface area contributed by atoms with Gasteiger partial charge in [0.05, 0.1) is 20.7 Å². The van der Waals surface area contributed by atoms with Crippen molar-refractivity contribution < 1.29 is 4.92 Å². The molecular weight excluding hydrogens is 319 g/mol. The molecule has 0 unspecified atom stereocenters. The van der Waals surface area contributed by atoms with Crippen LogP contribution in [0.5, 0.6) is 0 Å². The predicted octanol–water partition coefficient (Wildman–Crippen LogP) is 4.22. The summed E-state index contributed by atoms with van der Waals surface area (Å²) in [5, 5.41) is 13.8. The predicted molar refractivity (Wildman–Crippen MR) is 69.7 cm³/mol. The van der Waals surface area contributed by atoms with Gasteiger partial charge in [0.1, 0.15) is 0 Å². The van der Waals surface area contributed by atoms with E-state index in [9.17, 15) is 10.1 Å². The average molecular weight is 326 g/mol. The Labute approximate surface area is 111 Å². The largest absolute Gasteiger partial charge is 0.378 e. The molecule has 0 aliphatic carbocycles. The summed E-state index contributed by atoms with van der Waals surface area (Å²) in [6, 6.07) is 2.49. The van der Waals surface area contributed by atoms with Crippen LogP contribution in [0.15, 0.2) is 23.2 Å². The van der Waals surface area contributed by atoms with Crippen LogP contribution in [-0.4, -0.2) is 11.5 Å². The number of nitro benzene ring substituents is 1. The average Bonchev–Trinajstić information content (AvgIpc) is 2.15. The Bertz CT molecular complexity index is 428. The topological polar surface area (TPSA) is 55.2 Å². The molecule has 0 saturated heterocycles. The summed E-state index contributed by atoms with van der Waals surface area (Å²) in [6.07, 6.45) is 0. The molecule has 0 saturated carbocycles. The lowest BCUT2D eigenvalue weighted by molar-refractivity contribution is -0.384. The van der Waals surface area contributed by atoms with Crippen molar-refractivity contribution in [1.29, 1.82) is 0 Å². The second-order valence-electron chi connectivity index (χ2n) is 2.91. The molecule has 1 rings (SSSR count). The van der Waals surface area contributed by atoms with E-state index in [0.717, 1.165) is 4.48 Å². The normalized spacial score (nSPS) is 9.94. The molecule has 0 fully saturated rings. The third kappa shape index (κ3) is 3.37. The van der Waals surface area contributed by atoms with E-state index in [4.69, 9.17) is 23.2 Å². The molecule has 0 aliphatic rings. The molecule has 0 bridgehead atoms. The van der Waals surface area contributed by atoms with E-state index >= 15 is 0 Å². The second-order valence-corrected chi connectivity index (χ2v) is 4.85. The van der Waals surface area contributed by atoms with Gasteiger partial charge in [-0.1, -0.05) is 45.7 Å². The number of benzene rings is 1. The summed E-state index contributed by atoms with van der Waals surface area (Å²) in [5.74, 6) is 0. The molecule has 1 aromatic carbocycles. The number of halogens is 3. The minimum absolute atomic E-state index is 0.141. The quantitative estimate of drug-likeness (QED) is 0.666. The molecule has 4 nitrogen and oxygen atoms in total. The van der Waals surface area contributed by atoms with Gasteiger partial charge in [-0.25, -0.2) is 0 Å². The minimum Gasteiger partial charge on any atom is -0.378 e. The van der Waals surface area contributed by atoms with Gasteiger partial charge in [0, 0.05) is 23.2 Å². The van der Waals surface area contributed by atoms with Gasteiger partial charge in [0.2, 0.25) is 0 Å². The van der Waals surface area contributed by atoms with Crippen molar-refractivity contribution in [3.63, 3.8) is 0 Å². The standard InChI is InChI=1S/C9H7BrCl2N2O2/c1-5(10)4-13-9-7(11)2-6(14(15)16)3-8(9)12/h2-3,13H,1,4H2. The van der Waals surface area contributed by atoms with Crippen LogP contribution in [0, 0.1) is 10.1 Å². The van der Waals surface area contributed by atoms with Crippen LogP contribution >= 0.6 is 39.1 Å². The molecule has 0 heterocycles. The molecule has 0 atom stereocenters. The van der Waals surface area contributed by atoms with E-state index in [-0.39, 0.29) is 15.7 Å². The van der Waals surface area contributed by atoms with E-state index < -0.39 is 4.92 Å². The van der Waals surface area contributed by atoms with Crippen molar-refractivity contribution in [2.45, 2.75) is 0 Å². The first-order chi connectivity index (χ1) is 7.41. The molecule has 0 aromatic heterocycles. The molecule has 0 radical (unpaired) electrons. The third-order valence-electron chi connectivity index (χ3n) is 1.69. The molecule has 0 aliphatic heterocycles. The van der Waals surface area contributed by atoms with Gasteiger partial charge in [-0.2, -0.15) is 0 Å². The van der Waals surface area contributed by atoms with Gasteiger partial charge >= 0.3 is 0 Å². The highest BCUT2D eigenvalue weighted by molar-refractivity contribution is 9.11. The zero-order valence-electron chi connectivity index (χ0n) is 7.97. The van der Waals surface area contributed by atoms with Crippen LogP contribution in [0.4, 0.5) is 11.4 Å². The van der Waals surface area contributed by atoms with Crippen molar-refractivity contribution >= 4 is 50.5 Å². The van der Waals surface area contributed by atoms with Crippen LogP contribution in [0.3, 0.4) is 0 Å². The maximum atomic E-state index is 10.5. The summed E-state index contributed by atoms with van der Waals surface area (Å²) in [7, 11) is 0. The van der Waals surface area contributed by atoms with E-state index in [2.05, 4.69) is 27.8 Å². The first kappa shape index (κ1) is 13.3. The van der Waals surface area contributed by atoms with Gasteiger partial charge in [-0.05, 0) is 0 Å². The Morgan fingerprint density at radius 1 is 1.50 bits per heavy atom. The molecule has 16 heavy (non-hydrogen) atoms. The third-order valence-corrected chi connectivity index (χ3v) is 2.57. The highest BCUT2D eigenvalue weighted by atomic mass is 79.9. The molecule has 1 aromatic rings. The van der Waals surface area contributed by atoms with Crippen LogP contribution in [0.1, 0.15) is 0 Å². The summed E-state index contributed by atoms with van der Waals surface area (Å²) < 4.78 is 0.720. The Hall–Kier alpha value is -0.780. The SMILES string of the molecule is C=C(Br)CNc1c(Cl)cc([N+](=O)[O-])cc1Cl. The van der Waals surface area contributed by atoms with Crippen molar-refractivity contribution in [1.82, 2.24) is 0 Å². The van der Waals surface area contributed by atoms with Crippen LogP contribution in [-0.2, 0) is 0 Å². The highest BCUT2D eigenvalue weighted by Gasteiger charge is 2.14. The Morgan fingerprint density at radius 2 is 2.00 bits per heavy atom. The van der Waals surface area contributed by atoms with Crippen LogP contribution in [0.2, 0.25) is 10.0 Å². The first-order valence-corrected chi connectivity index (χ1v) is 5.67. The fraction of sp³-hybridized carbons (Fsp3) is 0.111. The number of anilines is 1. The van der Waals surface area contributed by atoms with Crippen LogP contribution in [0.25, 0.3) is 0 Å². The van der Waals surface area contributed by atoms with E-state index in [1.807, 2.05) is 0 Å². The molecule has 0 spiro atoms. The molecule has 86 valence electrons. The highest BCUT2D eigenvalue weighted by Crippen LogP contribution is 2.34. The number of nitrogens with one attached hydrogen (secondary N) is 1. The molecule has 1 N–H and O–H groups in total. The fourth-order valence-corrected chi connectivity index (χ4v) is 1.77. The van der Waals surface area contributed by atoms with E-state index in [0.29, 0.717) is 12.2 Å². The van der Waals surface area contributed by atoms with Gasteiger partial charge in [-0.15, -0.1) is 0 Å². The second kappa shape index (κ2) is 5.52. The van der Waals surface area contributed by atoms with Gasteiger partial charge in [0.15, 0.2) is 0 Å². The van der Waals surface area contributed by atoms with Crippen molar-refractivity contribution in [3.8, 4) is 0 Å². The van der Waals surface area contributed by atoms with Crippen molar-refractivity contribution in [2.24, 2.45) is 0 Å². The molecular formula is C9H7BrCl2N2O2. The smallest absolute Gasteiger partial charge is 0.272 e. The number of rotatable bonds is 4. The minimum atomic E-state index is -0.551. The van der Waals surface area contributed by atoms with Gasteiger partial charge < -0.3 is 5.32 Å². The van der Waals surface area contributed by atoms with Gasteiger partial charge in [0.25, 0.3) is 5.69 Å². The lowest BCUT2D eigenvalue weighted by Gasteiger charge is -2.09. The maximum absolute atomic E-state index is 10.5. The number of non-ortho nitro benzene ring substituents is 1. The van der Waals surface area contributed by atoms with Crippen LogP contribution < -0.4 is 5.32 Å². The Kier molecular flexibility index (Phi) is 4.58. The number of nitro groups is 1. The number of hydrogen-bond acceptors (Lipinski definition) is 3. The van der Waals surface area contributed by atoms with Crippen molar-refractivity contribution in [3.05, 3.63) is 43.4 Å². The summed E-state index contributed by atoms with van der Waals surface area (Å²) in [5.41, 5.74) is 0.313. The van der Waals surface area contributed by atoms with E-state index in [1.54, 1.807) is 0 Å².